The molecule has 0 aromatic heterocycles. The predicted molar refractivity (Wildman–Crippen MR) is 65.5 cm³/mol. The number of esters is 2. The molecule has 7 nitrogen and oxygen atoms in total. The fraction of sp³-hybridized carbons (Fsp3) is 0.667. The highest BCUT2D eigenvalue weighted by molar-refractivity contribution is 5.91. The lowest BCUT2D eigenvalue weighted by Crippen LogP contribution is -2.12. The third kappa shape index (κ3) is 12.8. The maximum Gasteiger partial charge on any atom is 0.331 e. The first-order chi connectivity index (χ1) is 9.20. The molecule has 0 aliphatic carbocycles. The third-order valence-corrected chi connectivity index (χ3v) is 1.72. The minimum Gasteiger partial charge on any atom is -0.463 e. The van der Waals surface area contributed by atoms with Gasteiger partial charge in [-0.1, -0.05) is 0 Å². The van der Waals surface area contributed by atoms with E-state index in [-0.39, 0.29) is 33.0 Å². The minimum absolute atomic E-state index is 0.0234. The summed E-state index contributed by atoms with van der Waals surface area (Å²) in [6.07, 6.45) is 2.01. The molecule has 0 atom stereocenters. The van der Waals surface area contributed by atoms with Crippen LogP contribution in [-0.4, -0.2) is 63.3 Å². The first-order valence-electron chi connectivity index (χ1n) is 5.98. The molecule has 0 fully saturated rings. The maximum atomic E-state index is 11.1. The highest BCUT2D eigenvalue weighted by atomic mass is 16.6. The summed E-state index contributed by atoms with van der Waals surface area (Å²) in [5.41, 5.74) is 0. The molecule has 0 aromatic carbocycles. The van der Waals surface area contributed by atoms with Crippen molar-refractivity contribution in [3.63, 3.8) is 0 Å². The number of ether oxygens (including phenoxy) is 4. The summed E-state index contributed by atoms with van der Waals surface area (Å²) in [6, 6.07) is 0. The zero-order chi connectivity index (χ0) is 14.3. The standard InChI is InChI=1S/C12H20O7/c1-2-18-11(14)3-4-12(15)19-10-9-17-8-7-16-6-5-13/h3-4,13H,2,5-10H2,1H3/b4-3+. The number of aliphatic hydroxyl groups is 1. The van der Waals surface area contributed by atoms with Gasteiger partial charge in [-0.3, -0.25) is 0 Å². The quantitative estimate of drug-likeness (QED) is 0.314. The molecule has 0 aliphatic rings. The van der Waals surface area contributed by atoms with Crippen molar-refractivity contribution in [2.24, 2.45) is 0 Å². The van der Waals surface area contributed by atoms with Crippen molar-refractivity contribution in [2.45, 2.75) is 6.92 Å². The molecule has 0 spiro atoms. The van der Waals surface area contributed by atoms with Crippen LogP contribution in [0.1, 0.15) is 6.92 Å². The molecular formula is C12H20O7. The van der Waals surface area contributed by atoms with Crippen LogP contribution in [0.4, 0.5) is 0 Å². The zero-order valence-corrected chi connectivity index (χ0v) is 11.0. The molecule has 0 aliphatic heterocycles. The summed E-state index contributed by atoms with van der Waals surface area (Å²) < 4.78 is 19.4. The van der Waals surface area contributed by atoms with Crippen molar-refractivity contribution in [2.75, 3.05) is 46.2 Å². The van der Waals surface area contributed by atoms with Crippen molar-refractivity contribution in [3.05, 3.63) is 12.2 Å². The van der Waals surface area contributed by atoms with E-state index in [0.717, 1.165) is 12.2 Å². The van der Waals surface area contributed by atoms with E-state index in [2.05, 4.69) is 4.74 Å². The van der Waals surface area contributed by atoms with Crippen LogP contribution in [0.5, 0.6) is 0 Å². The second kappa shape index (κ2) is 13.0. The van der Waals surface area contributed by atoms with Crippen LogP contribution in [0, 0.1) is 0 Å². The van der Waals surface area contributed by atoms with Crippen molar-refractivity contribution in [3.8, 4) is 0 Å². The van der Waals surface area contributed by atoms with E-state index in [0.29, 0.717) is 13.2 Å². The van der Waals surface area contributed by atoms with Gasteiger partial charge in [-0.15, -0.1) is 0 Å². The van der Waals surface area contributed by atoms with Gasteiger partial charge in [0, 0.05) is 12.2 Å². The van der Waals surface area contributed by atoms with E-state index in [1.807, 2.05) is 0 Å². The van der Waals surface area contributed by atoms with Gasteiger partial charge in [0.05, 0.1) is 39.6 Å². The molecule has 0 radical (unpaired) electrons. The van der Waals surface area contributed by atoms with Crippen LogP contribution in [0.3, 0.4) is 0 Å². The molecule has 0 amide bonds. The van der Waals surface area contributed by atoms with Gasteiger partial charge in [0.15, 0.2) is 0 Å². The smallest absolute Gasteiger partial charge is 0.331 e. The summed E-state index contributed by atoms with van der Waals surface area (Å²) in [5.74, 6) is -1.22. The van der Waals surface area contributed by atoms with Gasteiger partial charge in [-0.25, -0.2) is 9.59 Å². The highest BCUT2D eigenvalue weighted by Crippen LogP contribution is 1.86. The van der Waals surface area contributed by atoms with Crippen LogP contribution in [-0.2, 0) is 28.5 Å². The van der Waals surface area contributed by atoms with E-state index in [1.165, 1.54) is 0 Å². The Hall–Kier alpha value is -1.44. The molecule has 0 saturated carbocycles. The van der Waals surface area contributed by atoms with Crippen LogP contribution in [0.25, 0.3) is 0 Å². The number of carbonyl (C=O) groups is 2. The second-order valence-corrected chi connectivity index (χ2v) is 3.20. The molecule has 19 heavy (non-hydrogen) atoms. The van der Waals surface area contributed by atoms with Gasteiger partial charge in [-0.2, -0.15) is 0 Å². The monoisotopic (exact) mass is 276 g/mol. The number of aliphatic hydroxyl groups excluding tert-OH is 1. The lowest BCUT2D eigenvalue weighted by atomic mass is 10.5. The van der Waals surface area contributed by atoms with Crippen LogP contribution in [0.15, 0.2) is 12.2 Å². The average Bonchev–Trinajstić information content (AvgIpc) is 2.40. The Balaban J connectivity index is 3.41. The first-order valence-corrected chi connectivity index (χ1v) is 5.98. The van der Waals surface area contributed by atoms with E-state index < -0.39 is 11.9 Å². The number of hydrogen-bond donors (Lipinski definition) is 1. The predicted octanol–water partition coefficient (Wildman–Crippen LogP) is -0.326. The Labute approximate surface area is 112 Å². The Kier molecular flexibility index (Phi) is 12.0. The molecule has 7 heteroatoms. The van der Waals surface area contributed by atoms with Crippen LogP contribution < -0.4 is 0 Å². The molecule has 110 valence electrons. The Morgan fingerprint density at radius 2 is 1.42 bits per heavy atom. The lowest BCUT2D eigenvalue weighted by molar-refractivity contribution is -0.141. The largest absolute Gasteiger partial charge is 0.463 e. The van der Waals surface area contributed by atoms with E-state index >= 15 is 0 Å². The van der Waals surface area contributed by atoms with Gasteiger partial charge in [0.25, 0.3) is 0 Å². The fourth-order valence-corrected chi connectivity index (χ4v) is 0.962. The average molecular weight is 276 g/mol. The third-order valence-electron chi connectivity index (χ3n) is 1.72. The highest BCUT2D eigenvalue weighted by Gasteiger charge is 2.00. The number of carbonyl (C=O) groups excluding carboxylic acids is 2. The molecule has 0 aromatic rings. The lowest BCUT2D eigenvalue weighted by Gasteiger charge is -2.05. The van der Waals surface area contributed by atoms with Gasteiger partial charge < -0.3 is 24.1 Å². The van der Waals surface area contributed by atoms with Crippen molar-refractivity contribution < 1.29 is 33.6 Å². The summed E-state index contributed by atoms with van der Waals surface area (Å²) in [5, 5.41) is 8.43. The van der Waals surface area contributed by atoms with E-state index in [1.54, 1.807) is 6.92 Å². The molecule has 0 heterocycles. The normalized spacial score (nSPS) is 10.6. The maximum absolute atomic E-state index is 11.1. The Morgan fingerprint density at radius 1 is 0.895 bits per heavy atom. The summed E-state index contributed by atoms with van der Waals surface area (Å²) in [7, 11) is 0. The van der Waals surface area contributed by atoms with E-state index in [9.17, 15) is 9.59 Å². The summed E-state index contributed by atoms with van der Waals surface area (Å²) >= 11 is 0. The SMILES string of the molecule is CCOC(=O)/C=C/C(=O)OCCOCCOCCO. The molecule has 0 bridgehead atoms. The Morgan fingerprint density at radius 3 is 2.00 bits per heavy atom. The van der Waals surface area contributed by atoms with Crippen molar-refractivity contribution in [1.82, 2.24) is 0 Å². The van der Waals surface area contributed by atoms with Crippen molar-refractivity contribution >= 4 is 11.9 Å². The second-order valence-electron chi connectivity index (χ2n) is 3.20. The van der Waals surface area contributed by atoms with Gasteiger partial charge in [0.2, 0.25) is 0 Å². The zero-order valence-electron chi connectivity index (χ0n) is 11.0. The van der Waals surface area contributed by atoms with Crippen molar-refractivity contribution in [1.29, 1.82) is 0 Å². The molecule has 0 unspecified atom stereocenters. The molecule has 0 rings (SSSR count). The number of rotatable bonds is 11. The van der Waals surface area contributed by atoms with Gasteiger partial charge in [0.1, 0.15) is 6.61 Å². The molecule has 0 saturated heterocycles. The molecular weight excluding hydrogens is 256 g/mol. The van der Waals surface area contributed by atoms with Crippen LogP contribution >= 0.6 is 0 Å². The minimum atomic E-state index is -0.631. The first kappa shape index (κ1) is 17.6. The van der Waals surface area contributed by atoms with E-state index in [4.69, 9.17) is 19.3 Å². The van der Waals surface area contributed by atoms with Crippen LogP contribution in [0.2, 0.25) is 0 Å². The number of hydrogen-bond acceptors (Lipinski definition) is 7. The van der Waals surface area contributed by atoms with Gasteiger partial charge in [-0.05, 0) is 6.92 Å². The molecule has 1 N–H and O–H groups in total. The summed E-state index contributed by atoms with van der Waals surface area (Å²) in [6.45, 7) is 3.23. The fourth-order valence-electron chi connectivity index (χ4n) is 0.962. The van der Waals surface area contributed by atoms with Gasteiger partial charge >= 0.3 is 11.9 Å². The summed E-state index contributed by atoms with van der Waals surface area (Å²) in [4.78, 5) is 22.0. The topological polar surface area (TPSA) is 91.3 Å². The Bertz CT molecular complexity index is 275.